The number of pyridine rings is 1. The van der Waals surface area contributed by atoms with Gasteiger partial charge >= 0.3 is 0 Å². The van der Waals surface area contributed by atoms with Crippen LogP contribution in [0, 0.1) is 11.3 Å². The van der Waals surface area contributed by atoms with E-state index in [-0.39, 0.29) is 5.82 Å². The Morgan fingerprint density at radius 3 is 2.86 bits per heavy atom. The summed E-state index contributed by atoms with van der Waals surface area (Å²) >= 11 is 3.10. The summed E-state index contributed by atoms with van der Waals surface area (Å²) in [5, 5.41) is 8.24. The largest absolute Gasteiger partial charge is 0.266 e. The molecule has 1 N–H and O–H groups in total. The van der Waals surface area contributed by atoms with Crippen molar-refractivity contribution in [3.8, 4) is 6.07 Å². The van der Waals surface area contributed by atoms with Gasteiger partial charge in [0.05, 0.1) is 6.07 Å². The molecule has 1 aromatic heterocycles. The van der Waals surface area contributed by atoms with Crippen LogP contribution in [-0.4, -0.2) is 19.2 Å². The van der Waals surface area contributed by atoms with Crippen LogP contribution in [0.15, 0.2) is 22.8 Å². The van der Waals surface area contributed by atoms with E-state index < -0.39 is 15.8 Å². The average Bonchev–Trinajstić information content (AvgIpc) is 2.02. The molecule has 0 unspecified atom stereocenters. The minimum Gasteiger partial charge on any atom is -0.266 e. The zero-order valence-electron chi connectivity index (χ0n) is 6.94. The van der Waals surface area contributed by atoms with E-state index in [0.29, 0.717) is 4.60 Å². The van der Waals surface area contributed by atoms with Crippen LogP contribution in [0.25, 0.3) is 0 Å². The molecule has 1 rings (SSSR count). The normalized spacial score (nSPS) is 10.6. The number of anilines is 1. The molecule has 0 aromatic carbocycles. The zero-order valence-corrected chi connectivity index (χ0v) is 9.34. The predicted octanol–water partition coefficient (Wildman–Crippen LogP) is 1.11. The number of aromatic nitrogens is 1. The fourth-order valence-electron chi connectivity index (χ4n) is 0.745. The van der Waals surface area contributed by atoms with Crippen molar-refractivity contribution in [2.45, 2.75) is 0 Å². The van der Waals surface area contributed by atoms with Gasteiger partial charge in [0, 0.05) is 0 Å². The number of nitrogens with zero attached hydrogens (tertiary/aromatic N) is 2. The van der Waals surface area contributed by atoms with E-state index in [4.69, 9.17) is 5.26 Å². The summed E-state index contributed by atoms with van der Waals surface area (Å²) in [7, 11) is -3.60. The number of hydrogen-bond donors (Lipinski definition) is 1. The smallest absolute Gasteiger partial charge is 0.247 e. The van der Waals surface area contributed by atoms with Gasteiger partial charge in [0.1, 0.15) is 10.4 Å². The van der Waals surface area contributed by atoms with Crippen LogP contribution in [0.4, 0.5) is 5.82 Å². The Morgan fingerprint density at radius 2 is 2.29 bits per heavy atom. The maximum atomic E-state index is 11.1. The van der Waals surface area contributed by atoms with Crippen molar-refractivity contribution >= 4 is 31.8 Å². The Balaban J connectivity index is 2.85. The van der Waals surface area contributed by atoms with Gasteiger partial charge in [0.15, 0.2) is 5.75 Å². The fraction of sp³-hybridized carbons (Fsp3) is 0.143. The number of hydrogen-bond acceptors (Lipinski definition) is 4. The third kappa shape index (κ3) is 3.32. The third-order valence-electron chi connectivity index (χ3n) is 1.23. The van der Waals surface area contributed by atoms with E-state index in [2.05, 4.69) is 25.6 Å². The van der Waals surface area contributed by atoms with E-state index in [0.717, 1.165) is 0 Å². The maximum Gasteiger partial charge on any atom is 0.247 e. The molecule has 0 radical (unpaired) electrons. The Kier molecular flexibility index (Phi) is 3.43. The molecule has 0 fully saturated rings. The van der Waals surface area contributed by atoms with Gasteiger partial charge in [-0.25, -0.2) is 13.4 Å². The van der Waals surface area contributed by atoms with Gasteiger partial charge < -0.3 is 0 Å². The molecule has 7 heteroatoms. The first-order chi connectivity index (χ1) is 6.53. The summed E-state index contributed by atoms with van der Waals surface area (Å²) in [5.41, 5.74) is 0. The second-order valence-electron chi connectivity index (χ2n) is 2.36. The van der Waals surface area contributed by atoms with Crippen molar-refractivity contribution < 1.29 is 8.42 Å². The van der Waals surface area contributed by atoms with Crippen LogP contribution in [0.2, 0.25) is 0 Å². The van der Waals surface area contributed by atoms with Crippen LogP contribution in [0.3, 0.4) is 0 Å². The highest BCUT2D eigenvalue weighted by molar-refractivity contribution is 9.10. The summed E-state index contributed by atoms with van der Waals surface area (Å²) in [6, 6.07) is 6.36. The lowest BCUT2D eigenvalue weighted by atomic mass is 10.5. The molecule has 14 heavy (non-hydrogen) atoms. The van der Waals surface area contributed by atoms with Crippen LogP contribution in [0.1, 0.15) is 0 Å². The molecule has 0 aliphatic rings. The summed E-state index contributed by atoms with van der Waals surface area (Å²) in [6.07, 6.45) is 0. The summed E-state index contributed by atoms with van der Waals surface area (Å²) in [5.74, 6) is -0.393. The Hall–Kier alpha value is -1.13. The molecule has 0 aliphatic heterocycles. The minimum atomic E-state index is -3.60. The molecule has 5 nitrogen and oxygen atoms in total. The highest BCUT2D eigenvalue weighted by Crippen LogP contribution is 2.11. The predicted molar refractivity (Wildman–Crippen MR) is 55.0 cm³/mol. The highest BCUT2D eigenvalue weighted by atomic mass is 79.9. The fourth-order valence-corrected chi connectivity index (χ4v) is 1.76. The monoisotopic (exact) mass is 275 g/mol. The molecule has 0 saturated carbocycles. The highest BCUT2D eigenvalue weighted by Gasteiger charge is 2.09. The molecule has 0 amide bonds. The van der Waals surface area contributed by atoms with E-state index in [1.54, 1.807) is 18.2 Å². The van der Waals surface area contributed by atoms with E-state index in [1.165, 1.54) is 6.07 Å². The van der Waals surface area contributed by atoms with Crippen molar-refractivity contribution in [2.24, 2.45) is 0 Å². The average molecular weight is 276 g/mol. The first kappa shape index (κ1) is 10.9. The van der Waals surface area contributed by atoms with E-state index in [1.807, 2.05) is 0 Å². The van der Waals surface area contributed by atoms with Crippen LogP contribution in [-0.2, 0) is 10.0 Å². The SMILES string of the molecule is N#CCS(=O)(=O)Nc1cccc(Br)n1. The molecular weight excluding hydrogens is 270 g/mol. The molecule has 0 spiro atoms. The Morgan fingerprint density at radius 1 is 1.57 bits per heavy atom. The second-order valence-corrected chi connectivity index (χ2v) is 4.90. The number of rotatable bonds is 3. The lowest BCUT2D eigenvalue weighted by Gasteiger charge is -2.03. The lowest BCUT2D eigenvalue weighted by Crippen LogP contribution is -2.16. The molecular formula is C7H6BrN3O2S. The molecule has 0 aliphatic carbocycles. The molecule has 1 heterocycles. The van der Waals surface area contributed by atoms with Crippen LogP contribution >= 0.6 is 15.9 Å². The third-order valence-corrected chi connectivity index (χ3v) is 2.70. The van der Waals surface area contributed by atoms with Gasteiger partial charge in [0.2, 0.25) is 10.0 Å². The van der Waals surface area contributed by atoms with Gasteiger partial charge in [0.25, 0.3) is 0 Å². The minimum absolute atomic E-state index is 0.189. The summed E-state index contributed by atoms with van der Waals surface area (Å²) < 4.78 is 24.9. The van der Waals surface area contributed by atoms with Gasteiger partial charge in [-0.3, -0.25) is 4.72 Å². The first-order valence-corrected chi connectivity index (χ1v) is 5.98. The number of halogens is 1. The van der Waals surface area contributed by atoms with Crippen molar-refractivity contribution in [1.82, 2.24) is 4.98 Å². The number of sulfonamides is 1. The van der Waals surface area contributed by atoms with Gasteiger partial charge in [-0.2, -0.15) is 5.26 Å². The molecule has 0 saturated heterocycles. The van der Waals surface area contributed by atoms with Crippen molar-refractivity contribution in [3.05, 3.63) is 22.8 Å². The quantitative estimate of drug-likeness (QED) is 0.838. The molecule has 1 aromatic rings. The van der Waals surface area contributed by atoms with E-state index >= 15 is 0 Å². The standard InChI is InChI=1S/C7H6BrN3O2S/c8-6-2-1-3-7(10-6)11-14(12,13)5-4-9/h1-3H,5H2,(H,10,11). The molecule has 74 valence electrons. The summed E-state index contributed by atoms with van der Waals surface area (Å²) in [6.45, 7) is 0. The van der Waals surface area contributed by atoms with Gasteiger partial charge in [-0.15, -0.1) is 0 Å². The lowest BCUT2D eigenvalue weighted by molar-refractivity contribution is 0.604. The maximum absolute atomic E-state index is 11.1. The number of nitrogens with one attached hydrogen (secondary N) is 1. The van der Waals surface area contributed by atoms with Crippen molar-refractivity contribution in [2.75, 3.05) is 10.5 Å². The van der Waals surface area contributed by atoms with Crippen LogP contribution < -0.4 is 4.72 Å². The molecule has 0 bridgehead atoms. The zero-order chi connectivity index (χ0) is 10.6. The topological polar surface area (TPSA) is 82.8 Å². The van der Waals surface area contributed by atoms with Gasteiger partial charge in [-0.1, -0.05) is 6.07 Å². The van der Waals surface area contributed by atoms with Crippen molar-refractivity contribution in [1.29, 1.82) is 5.26 Å². The summed E-state index contributed by atoms with van der Waals surface area (Å²) in [4.78, 5) is 3.86. The Labute approximate surface area is 90.0 Å². The van der Waals surface area contributed by atoms with Crippen LogP contribution in [0.5, 0.6) is 0 Å². The molecule has 0 atom stereocenters. The second kappa shape index (κ2) is 4.39. The van der Waals surface area contributed by atoms with Gasteiger partial charge in [-0.05, 0) is 28.1 Å². The first-order valence-electron chi connectivity index (χ1n) is 3.53. The number of nitriles is 1. The van der Waals surface area contributed by atoms with E-state index in [9.17, 15) is 8.42 Å². The van der Waals surface area contributed by atoms with Crippen molar-refractivity contribution in [3.63, 3.8) is 0 Å². The Bertz CT molecular complexity index is 466.